The third-order valence-corrected chi connectivity index (χ3v) is 5.39. The minimum absolute atomic E-state index is 0.0454. The standard InChI is InChI=1S/C13H10Cl3N5O3S/c1-6-3-4-7(14)11(10(6)15)20-25(22,23)13-17-8-5-9(24-2)18-12(16)21(8)19-13/h3-5,20H,1-2H3. The summed E-state index contributed by atoms with van der Waals surface area (Å²) in [5.74, 6) is 0.173. The Bertz CT molecular complexity index is 1080. The molecule has 1 aromatic carbocycles. The van der Waals surface area contributed by atoms with Crippen molar-refractivity contribution in [1.82, 2.24) is 19.6 Å². The van der Waals surface area contributed by atoms with Gasteiger partial charge in [-0.2, -0.15) is 22.9 Å². The van der Waals surface area contributed by atoms with Crippen molar-refractivity contribution in [2.24, 2.45) is 0 Å². The highest BCUT2D eigenvalue weighted by Gasteiger charge is 2.24. The lowest BCUT2D eigenvalue weighted by atomic mass is 10.2. The number of aryl methyl sites for hydroxylation is 1. The quantitative estimate of drug-likeness (QED) is 0.648. The largest absolute Gasteiger partial charge is 0.481 e. The third-order valence-electron chi connectivity index (χ3n) is 3.21. The number of benzene rings is 1. The zero-order chi connectivity index (χ0) is 18.4. The average molecular weight is 423 g/mol. The zero-order valence-corrected chi connectivity index (χ0v) is 15.9. The topological polar surface area (TPSA) is 98.5 Å². The molecule has 0 aliphatic carbocycles. The number of rotatable bonds is 4. The van der Waals surface area contributed by atoms with Crippen LogP contribution in [0.15, 0.2) is 23.4 Å². The highest BCUT2D eigenvalue weighted by molar-refractivity contribution is 7.92. The van der Waals surface area contributed by atoms with Crippen LogP contribution in [0.5, 0.6) is 5.88 Å². The molecule has 0 saturated carbocycles. The van der Waals surface area contributed by atoms with E-state index in [0.717, 1.165) is 4.52 Å². The van der Waals surface area contributed by atoms with Gasteiger partial charge >= 0.3 is 0 Å². The zero-order valence-electron chi connectivity index (χ0n) is 12.8. The fourth-order valence-corrected chi connectivity index (χ4v) is 3.72. The lowest BCUT2D eigenvalue weighted by molar-refractivity contribution is 0.397. The molecule has 132 valence electrons. The van der Waals surface area contributed by atoms with Crippen LogP contribution in [0.3, 0.4) is 0 Å². The molecule has 1 N–H and O–H groups in total. The number of hydrogen-bond acceptors (Lipinski definition) is 6. The number of sulfonamides is 1. The first-order valence-corrected chi connectivity index (χ1v) is 9.29. The van der Waals surface area contributed by atoms with E-state index in [4.69, 9.17) is 39.5 Å². The first-order chi connectivity index (χ1) is 11.7. The van der Waals surface area contributed by atoms with Gasteiger partial charge in [-0.05, 0) is 30.2 Å². The third kappa shape index (κ3) is 3.32. The SMILES string of the molecule is COc1cc2nc(S(=O)(=O)Nc3c(Cl)ccc(C)c3Cl)nn2c(Cl)n1. The lowest BCUT2D eigenvalue weighted by Gasteiger charge is -2.10. The second-order valence-electron chi connectivity index (χ2n) is 4.89. The van der Waals surface area contributed by atoms with Crippen LogP contribution in [0.25, 0.3) is 5.65 Å². The van der Waals surface area contributed by atoms with Crippen LogP contribution in [-0.4, -0.2) is 35.1 Å². The summed E-state index contributed by atoms with van der Waals surface area (Å²) in [5.41, 5.74) is 0.853. The summed E-state index contributed by atoms with van der Waals surface area (Å²) in [4.78, 5) is 7.83. The fraction of sp³-hybridized carbons (Fsp3) is 0.154. The molecule has 3 rings (SSSR count). The molecule has 0 atom stereocenters. The lowest BCUT2D eigenvalue weighted by Crippen LogP contribution is -2.15. The molecule has 3 aromatic rings. The molecular formula is C13H10Cl3N5O3S. The van der Waals surface area contributed by atoms with Crippen LogP contribution < -0.4 is 9.46 Å². The van der Waals surface area contributed by atoms with Crippen LogP contribution in [0, 0.1) is 6.92 Å². The van der Waals surface area contributed by atoms with Crippen LogP contribution in [-0.2, 0) is 10.0 Å². The van der Waals surface area contributed by atoms with E-state index in [1.807, 2.05) is 0 Å². The first kappa shape index (κ1) is 18.0. The van der Waals surface area contributed by atoms with Gasteiger partial charge in [0.15, 0.2) is 5.65 Å². The molecule has 25 heavy (non-hydrogen) atoms. The molecule has 0 fully saturated rings. The van der Waals surface area contributed by atoms with E-state index in [1.165, 1.54) is 19.2 Å². The summed E-state index contributed by atoms with van der Waals surface area (Å²) in [6, 6.07) is 4.59. The number of halogens is 3. The van der Waals surface area contributed by atoms with Gasteiger partial charge in [0.2, 0.25) is 11.2 Å². The van der Waals surface area contributed by atoms with Crippen LogP contribution in [0.4, 0.5) is 5.69 Å². The number of hydrogen-bond donors (Lipinski definition) is 1. The summed E-state index contributed by atoms with van der Waals surface area (Å²) in [5, 5.41) is 3.56. The summed E-state index contributed by atoms with van der Waals surface area (Å²) < 4.78 is 33.5. The van der Waals surface area contributed by atoms with Crippen molar-refractivity contribution >= 4 is 56.2 Å². The van der Waals surface area contributed by atoms with Gasteiger partial charge in [-0.15, -0.1) is 5.10 Å². The van der Waals surface area contributed by atoms with E-state index < -0.39 is 15.2 Å². The molecule has 8 nitrogen and oxygen atoms in total. The molecule has 2 aromatic heterocycles. The van der Waals surface area contributed by atoms with Crippen molar-refractivity contribution in [2.45, 2.75) is 12.1 Å². The number of aromatic nitrogens is 4. The first-order valence-electron chi connectivity index (χ1n) is 6.67. The number of anilines is 1. The molecule has 0 aliphatic heterocycles. The Labute approximate surface area is 157 Å². The Hall–Kier alpha value is -1.81. The minimum Gasteiger partial charge on any atom is -0.481 e. The van der Waals surface area contributed by atoms with Gasteiger partial charge in [-0.1, -0.05) is 29.3 Å². The van der Waals surface area contributed by atoms with Crippen LogP contribution in [0.1, 0.15) is 5.56 Å². The van der Waals surface area contributed by atoms with Crippen molar-refractivity contribution < 1.29 is 13.2 Å². The summed E-state index contributed by atoms with van der Waals surface area (Å²) >= 11 is 18.1. The maximum absolute atomic E-state index is 12.6. The Morgan fingerprint density at radius 2 is 1.92 bits per heavy atom. The van der Waals surface area contributed by atoms with E-state index in [9.17, 15) is 8.42 Å². The Kier molecular flexibility index (Phi) is 4.67. The molecule has 12 heteroatoms. The van der Waals surface area contributed by atoms with Crippen molar-refractivity contribution in [3.8, 4) is 5.88 Å². The summed E-state index contributed by atoms with van der Waals surface area (Å²) in [7, 11) is -2.77. The summed E-state index contributed by atoms with van der Waals surface area (Å²) in [6.45, 7) is 1.72. The van der Waals surface area contributed by atoms with Crippen molar-refractivity contribution in [3.63, 3.8) is 0 Å². The molecule has 2 heterocycles. The smallest absolute Gasteiger partial charge is 0.299 e. The number of nitrogens with one attached hydrogen (secondary N) is 1. The second-order valence-corrected chi connectivity index (χ2v) is 7.59. The number of methoxy groups -OCH3 is 1. The van der Waals surface area contributed by atoms with Gasteiger partial charge in [0.1, 0.15) is 0 Å². The Morgan fingerprint density at radius 3 is 2.60 bits per heavy atom. The molecule has 0 amide bonds. The average Bonchev–Trinajstić information content (AvgIpc) is 3.01. The number of fused-ring (bicyclic) bond motifs is 1. The number of ether oxygens (including phenoxy) is 1. The highest BCUT2D eigenvalue weighted by Crippen LogP contribution is 2.34. The molecule has 0 unspecified atom stereocenters. The van der Waals surface area contributed by atoms with E-state index >= 15 is 0 Å². The van der Waals surface area contributed by atoms with Gasteiger partial charge in [-0.3, -0.25) is 4.72 Å². The maximum Gasteiger partial charge on any atom is 0.299 e. The van der Waals surface area contributed by atoms with E-state index in [-0.39, 0.29) is 32.5 Å². The summed E-state index contributed by atoms with van der Waals surface area (Å²) in [6.07, 6.45) is 0. The fourth-order valence-electron chi connectivity index (χ4n) is 1.96. The van der Waals surface area contributed by atoms with Crippen molar-refractivity contribution in [1.29, 1.82) is 0 Å². The number of nitrogens with zero attached hydrogens (tertiary/aromatic N) is 4. The van der Waals surface area contributed by atoms with Crippen molar-refractivity contribution in [2.75, 3.05) is 11.8 Å². The highest BCUT2D eigenvalue weighted by atomic mass is 35.5. The predicted molar refractivity (Wildman–Crippen MR) is 94.4 cm³/mol. The molecule has 0 saturated heterocycles. The molecule has 0 aliphatic rings. The van der Waals surface area contributed by atoms with Gasteiger partial charge in [-0.25, -0.2) is 0 Å². The predicted octanol–water partition coefficient (Wildman–Crippen LogP) is 3.20. The monoisotopic (exact) mass is 421 g/mol. The van der Waals surface area contributed by atoms with Crippen molar-refractivity contribution in [3.05, 3.63) is 39.1 Å². The molecule has 0 spiro atoms. The van der Waals surface area contributed by atoms with Crippen LogP contribution >= 0.6 is 34.8 Å². The minimum atomic E-state index is -4.16. The van der Waals surface area contributed by atoms with Crippen LogP contribution in [0.2, 0.25) is 15.3 Å². The van der Waals surface area contributed by atoms with E-state index in [2.05, 4.69) is 19.8 Å². The molecular weight excluding hydrogens is 413 g/mol. The van der Waals surface area contributed by atoms with Gasteiger partial charge < -0.3 is 4.74 Å². The van der Waals surface area contributed by atoms with E-state index in [0.29, 0.717) is 5.56 Å². The van der Waals surface area contributed by atoms with Gasteiger partial charge in [0.25, 0.3) is 15.2 Å². The van der Waals surface area contributed by atoms with Gasteiger partial charge in [0.05, 0.1) is 22.8 Å². The Morgan fingerprint density at radius 1 is 1.20 bits per heavy atom. The Balaban J connectivity index is 2.08. The normalized spacial score (nSPS) is 11.7. The van der Waals surface area contributed by atoms with E-state index in [1.54, 1.807) is 13.0 Å². The maximum atomic E-state index is 12.6. The second kappa shape index (κ2) is 6.49. The van der Waals surface area contributed by atoms with Gasteiger partial charge in [0, 0.05) is 6.07 Å². The molecule has 0 bridgehead atoms. The molecule has 0 radical (unpaired) electrons.